The highest BCUT2D eigenvalue weighted by Gasteiger charge is 2.55. The Morgan fingerprint density at radius 2 is 1.45 bits per heavy atom. The number of piperidine rings is 1. The van der Waals surface area contributed by atoms with Crippen LogP contribution < -0.4 is 21.9 Å². The smallest absolute Gasteiger partial charge is 0.340 e. The van der Waals surface area contributed by atoms with Gasteiger partial charge in [-0.05, 0) is 38.6 Å². The number of halogens is 6. The number of rotatable bonds is 0. The number of ether oxygens (including phenoxy) is 1. The largest absolute Gasteiger partial charge is 0.395 e. The van der Waals surface area contributed by atoms with E-state index in [1.165, 1.54) is 0 Å². The zero-order valence-corrected chi connectivity index (χ0v) is 17.2. The number of hydrogen-bond acceptors (Lipinski definition) is 6. The Morgan fingerprint density at radius 1 is 0.806 bits per heavy atom. The zero-order chi connectivity index (χ0) is 22.4. The third-order valence-corrected chi connectivity index (χ3v) is 7.26. The summed E-state index contributed by atoms with van der Waals surface area (Å²) >= 11 is 0. The van der Waals surface area contributed by atoms with Crippen molar-refractivity contribution in [1.29, 1.82) is 0 Å². The average molecular weight is 459 g/mol. The van der Waals surface area contributed by atoms with Gasteiger partial charge in [-0.3, -0.25) is 10.2 Å². The number of hydrogen-bond donors (Lipinski definition) is 4. The summed E-state index contributed by atoms with van der Waals surface area (Å²) < 4.78 is 88.3. The zero-order valence-electron chi connectivity index (χ0n) is 17.2. The first-order valence-corrected chi connectivity index (χ1v) is 11.1. The molecule has 4 bridgehead atoms. The number of nitrogens with one attached hydrogen (secondary N) is 3. The first-order valence-electron chi connectivity index (χ1n) is 11.1. The van der Waals surface area contributed by atoms with E-state index in [4.69, 9.17) is 10.5 Å². The highest BCUT2D eigenvalue weighted by Crippen LogP contribution is 2.41. The molecule has 6 unspecified atom stereocenters. The summed E-state index contributed by atoms with van der Waals surface area (Å²) in [5.41, 5.74) is 11.4. The van der Waals surface area contributed by atoms with Crippen LogP contribution in [0.5, 0.6) is 0 Å². The molecule has 0 aromatic carbocycles. The van der Waals surface area contributed by atoms with E-state index in [0.717, 1.165) is 12.8 Å². The van der Waals surface area contributed by atoms with E-state index in [2.05, 4.69) is 16.2 Å². The number of alkyl halides is 6. The predicted molar refractivity (Wildman–Crippen MR) is 100 cm³/mol. The van der Waals surface area contributed by atoms with Crippen LogP contribution in [0.2, 0.25) is 0 Å². The molecule has 4 rings (SSSR count). The van der Waals surface area contributed by atoms with Gasteiger partial charge in [-0.2, -0.15) is 26.3 Å². The highest BCUT2D eigenvalue weighted by molar-refractivity contribution is 5.02. The molecule has 12 heteroatoms. The molecule has 4 aliphatic rings. The quantitative estimate of drug-likeness (QED) is 0.418. The number of nitrogens with zero attached hydrogens (tertiary/aromatic N) is 1. The Kier molecular flexibility index (Phi) is 6.78. The predicted octanol–water partition coefficient (Wildman–Crippen LogP) is 2.56. The minimum atomic E-state index is -4.44. The third-order valence-electron chi connectivity index (χ3n) is 7.26. The summed E-state index contributed by atoms with van der Waals surface area (Å²) in [6.45, 7) is 0.562. The highest BCUT2D eigenvalue weighted by atomic mass is 19.4. The summed E-state index contributed by atoms with van der Waals surface area (Å²) in [5.74, 6) is -3.34. The van der Waals surface area contributed by atoms with Crippen molar-refractivity contribution >= 4 is 0 Å². The van der Waals surface area contributed by atoms with Crippen LogP contribution in [0, 0.1) is 11.8 Å². The maximum absolute atomic E-state index is 13.9. The minimum Gasteiger partial charge on any atom is -0.340 e. The van der Waals surface area contributed by atoms with Crippen LogP contribution >= 0.6 is 0 Å². The van der Waals surface area contributed by atoms with Crippen molar-refractivity contribution in [2.75, 3.05) is 6.54 Å². The molecule has 0 aliphatic carbocycles. The van der Waals surface area contributed by atoms with E-state index in [9.17, 15) is 26.3 Å². The van der Waals surface area contributed by atoms with Crippen LogP contribution in [-0.2, 0) is 4.74 Å². The van der Waals surface area contributed by atoms with Gasteiger partial charge in [-0.15, -0.1) is 0 Å². The Balaban J connectivity index is 1.61. The molecule has 0 radical (unpaired) electrons. The number of hydrazine groups is 1. The second-order valence-corrected chi connectivity index (χ2v) is 9.27. The SMILES string of the molecule is NC1CC(C(F)(F)F)C2NC1C1NNC(O1)[C@@H](C(F)(F)F)CCCCC[C@@H]1CCCN21. The second kappa shape index (κ2) is 8.94. The van der Waals surface area contributed by atoms with E-state index in [0.29, 0.717) is 32.2 Å². The van der Waals surface area contributed by atoms with E-state index >= 15 is 0 Å². The molecular weight excluding hydrogens is 428 g/mol. The van der Waals surface area contributed by atoms with Gasteiger partial charge in [-0.25, -0.2) is 10.9 Å². The molecule has 4 saturated heterocycles. The van der Waals surface area contributed by atoms with Crippen LogP contribution in [0.1, 0.15) is 51.4 Å². The summed E-state index contributed by atoms with van der Waals surface area (Å²) in [6, 6.07) is -1.68. The van der Waals surface area contributed by atoms with Crippen molar-refractivity contribution in [3.63, 3.8) is 0 Å². The van der Waals surface area contributed by atoms with E-state index in [1.54, 1.807) is 0 Å². The van der Waals surface area contributed by atoms with Crippen LogP contribution in [0.3, 0.4) is 0 Å². The number of nitrogens with two attached hydrogens (primary N) is 1. The first-order chi connectivity index (χ1) is 14.6. The maximum atomic E-state index is 13.9. The molecule has 6 nitrogen and oxygen atoms in total. The van der Waals surface area contributed by atoms with Crippen molar-refractivity contribution in [3.8, 4) is 0 Å². The minimum absolute atomic E-state index is 0.0120. The Morgan fingerprint density at radius 3 is 2.16 bits per heavy atom. The normalized spacial score (nSPS) is 43.5. The van der Waals surface area contributed by atoms with Crippen molar-refractivity contribution in [2.45, 2.75) is 100 Å². The van der Waals surface area contributed by atoms with Gasteiger partial charge in [0, 0.05) is 12.1 Å². The van der Waals surface area contributed by atoms with Crippen molar-refractivity contribution in [2.24, 2.45) is 17.6 Å². The van der Waals surface area contributed by atoms with Gasteiger partial charge in [0.1, 0.15) is 12.5 Å². The topological polar surface area (TPSA) is 74.6 Å². The molecule has 0 saturated carbocycles. The molecule has 4 aliphatic heterocycles. The fraction of sp³-hybridized carbons (Fsp3) is 1.00. The Bertz CT molecular complexity index is 620. The molecule has 0 aromatic rings. The Labute approximate surface area is 177 Å². The van der Waals surface area contributed by atoms with Crippen molar-refractivity contribution < 1.29 is 31.1 Å². The van der Waals surface area contributed by atoms with Crippen molar-refractivity contribution in [3.05, 3.63) is 0 Å². The lowest BCUT2D eigenvalue weighted by atomic mass is 9.85. The third kappa shape index (κ3) is 4.98. The molecule has 5 N–H and O–H groups in total. The number of fused-ring (bicyclic) bond motifs is 7. The summed E-state index contributed by atoms with van der Waals surface area (Å²) in [5, 5.41) is 3.04. The monoisotopic (exact) mass is 459 g/mol. The van der Waals surface area contributed by atoms with Crippen molar-refractivity contribution in [1.82, 2.24) is 21.1 Å². The van der Waals surface area contributed by atoms with E-state index in [-0.39, 0.29) is 18.9 Å². The summed E-state index contributed by atoms with van der Waals surface area (Å²) in [4.78, 5) is 1.90. The first kappa shape index (κ1) is 23.5. The molecule has 0 spiro atoms. The molecule has 8 atom stereocenters. The maximum Gasteiger partial charge on any atom is 0.395 e. The lowest BCUT2D eigenvalue weighted by molar-refractivity contribution is -0.219. The van der Waals surface area contributed by atoms with Gasteiger partial charge in [0.25, 0.3) is 0 Å². The van der Waals surface area contributed by atoms with Crippen LogP contribution in [0.4, 0.5) is 26.3 Å². The van der Waals surface area contributed by atoms with E-state index in [1.807, 2.05) is 4.90 Å². The molecular formula is C19H31F6N5O. The van der Waals surface area contributed by atoms with Gasteiger partial charge in [0.05, 0.1) is 24.0 Å². The lowest BCUT2D eigenvalue weighted by Crippen LogP contribution is -2.70. The molecule has 31 heavy (non-hydrogen) atoms. The second-order valence-electron chi connectivity index (χ2n) is 9.27. The van der Waals surface area contributed by atoms with Gasteiger partial charge in [-0.1, -0.05) is 19.3 Å². The fourth-order valence-electron chi connectivity index (χ4n) is 5.66. The van der Waals surface area contributed by atoms with E-state index < -0.39 is 54.9 Å². The fourth-order valence-corrected chi connectivity index (χ4v) is 5.66. The lowest BCUT2D eigenvalue weighted by Gasteiger charge is -2.48. The van der Waals surface area contributed by atoms with Gasteiger partial charge >= 0.3 is 12.4 Å². The molecule has 180 valence electrons. The standard InChI is InChI=1S/C19H31F6N5O/c20-18(21,22)11-7-3-1-2-5-10-6-4-8-30(10)15-12(19(23,24)25)9-13(26)14(27-15)17-29-28-16(11)31-17/h10-17,27-29H,1-9,26H2/t10-,11+,12?,13?,14?,15?,16?,17?/m1/s1. The van der Waals surface area contributed by atoms with Crippen LogP contribution in [0.15, 0.2) is 0 Å². The summed E-state index contributed by atoms with van der Waals surface area (Å²) in [6.07, 6.45) is -8.48. The van der Waals surface area contributed by atoms with Gasteiger partial charge in [0.2, 0.25) is 0 Å². The average Bonchev–Trinajstić information content (AvgIpc) is 3.31. The van der Waals surface area contributed by atoms with Crippen LogP contribution in [-0.4, -0.2) is 60.5 Å². The molecule has 4 fully saturated rings. The van der Waals surface area contributed by atoms with Gasteiger partial charge < -0.3 is 10.5 Å². The molecule has 0 aromatic heterocycles. The van der Waals surface area contributed by atoms with Crippen LogP contribution in [0.25, 0.3) is 0 Å². The molecule has 0 amide bonds. The Hall–Kier alpha value is -0.660. The summed E-state index contributed by atoms with van der Waals surface area (Å²) in [7, 11) is 0. The molecule has 4 heterocycles. The van der Waals surface area contributed by atoms with Gasteiger partial charge in [0.15, 0.2) is 0 Å².